The smallest absolute Gasteiger partial charge is 0.0476 e. The number of rotatable bonds is 5. The van der Waals surface area contributed by atoms with Gasteiger partial charge in [0.25, 0.3) is 0 Å². The van der Waals surface area contributed by atoms with Gasteiger partial charge in [-0.3, -0.25) is 0 Å². The highest BCUT2D eigenvalue weighted by Gasteiger charge is 2.14. The van der Waals surface area contributed by atoms with Crippen LogP contribution in [0.15, 0.2) is 150 Å². The topological polar surface area (TPSA) is 3.24 Å². The van der Waals surface area contributed by atoms with E-state index in [4.69, 9.17) is 0 Å². The fraction of sp³-hybridized carbons (Fsp3) is 0. The van der Waals surface area contributed by atoms with E-state index in [2.05, 4.69) is 166 Å². The molecular weight excluding hydrogens is 558 g/mol. The van der Waals surface area contributed by atoms with E-state index >= 15 is 0 Å². The number of para-hydroxylation sites is 1. The van der Waals surface area contributed by atoms with Crippen LogP contribution in [0.5, 0.6) is 0 Å². The third-order valence-corrected chi connectivity index (χ3v) is 8.82. The van der Waals surface area contributed by atoms with Gasteiger partial charge in [0.15, 0.2) is 0 Å². The van der Waals surface area contributed by atoms with Crippen LogP contribution in [0.1, 0.15) is 0 Å². The van der Waals surface area contributed by atoms with E-state index in [1.54, 1.807) is 0 Å². The highest BCUT2D eigenvalue weighted by Crippen LogP contribution is 2.40. The van der Waals surface area contributed by atoms with E-state index in [1.807, 2.05) is 11.3 Å². The molecule has 0 fully saturated rings. The maximum absolute atomic E-state index is 3.52. The van der Waals surface area contributed by atoms with Crippen LogP contribution >= 0.6 is 27.3 Å². The minimum absolute atomic E-state index is 1.09. The summed E-state index contributed by atoms with van der Waals surface area (Å²) in [6.07, 6.45) is 0. The summed E-state index contributed by atoms with van der Waals surface area (Å²) in [7, 11) is 0. The molecule has 0 aliphatic rings. The number of nitrogens with zero attached hydrogens (tertiary/aromatic N) is 1. The number of thiophene rings is 1. The summed E-state index contributed by atoms with van der Waals surface area (Å²) in [6.45, 7) is 0. The molecule has 7 aromatic rings. The van der Waals surface area contributed by atoms with Crippen LogP contribution in [0.4, 0.5) is 17.1 Å². The van der Waals surface area contributed by atoms with Gasteiger partial charge in [0, 0.05) is 41.7 Å². The predicted molar refractivity (Wildman–Crippen MR) is 173 cm³/mol. The van der Waals surface area contributed by atoms with Crippen molar-refractivity contribution in [3.05, 3.63) is 150 Å². The largest absolute Gasteiger partial charge is 0.310 e. The lowest BCUT2D eigenvalue weighted by molar-refractivity contribution is 1.29. The summed E-state index contributed by atoms with van der Waals surface area (Å²) >= 11 is 5.37. The molecule has 1 aromatic heterocycles. The van der Waals surface area contributed by atoms with Gasteiger partial charge >= 0.3 is 0 Å². The molecule has 0 bridgehead atoms. The molecule has 0 aliphatic heterocycles. The van der Waals surface area contributed by atoms with Crippen LogP contribution in [0.3, 0.4) is 0 Å². The first-order valence-corrected chi connectivity index (χ1v) is 14.6. The Morgan fingerprint density at radius 2 is 0.897 bits per heavy atom. The Labute approximate surface area is 240 Å². The van der Waals surface area contributed by atoms with E-state index in [0.717, 1.165) is 21.5 Å². The molecule has 186 valence electrons. The first kappa shape index (κ1) is 23.9. The minimum atomic E-state index is 1.09. The lowest BCUT2D eigenvalue weighted by Crippen LogP contribution is -2.09. The van der Waals surface area contributed by atoms with Crippen LogP contribution in [0.2, 0.25) is 0 Å². The van der Waals surface area contributed by atoms with Crippen molar-refractivity contribution in [1.82, 2.24) is 0 Å². The van der Waals surface area contributed by atoms with Crippen molar-refractivity contribution >= 4 is 64.5 Å². The maximum atomic E-state index is 3.52. The van der Waals surface area contributed by atoms with Crippen molar-refractivity contribution in [2.24, 2.45) is 0 Å². The molecule has 1 heterocycles. The van der Waals surface area contributed by atoms with E-state index < -0.39 is 0 Å². The molecule has 0 amide bonds. The molecule has 0 radical (unpaired) electrons. The molecule has 0 atom stereocenters. The maximum Gasteiger partial charge on any atom is 0.0476 e. The first-order chi connectivity index (χ1) is 19.2. The van der Waals surface area contributed by atoms with Crippen LogP contribution in [0.25, 0.3) is 42.4 Å². The van der Waals surface area contributed by atoms with E-state index in [0.29, 0.717) is 0 Å². The van der Waals surface area contributed by atoms with Gasteiger partial charge in [-0.1, -0.05) is 107 Å². The Balaban J connectivity index is 1.24. The molecule has 0 saturated heterocycles. The van der Waals surface area contributed by atoms with Crippen LogP contribution in [0, 0.1) is 0 Å². The fourth-order valence-electron chi connectivity index (χ4n) is 5.18. The van der Waals surface area contributed by atoms with Gasteiger partial charge in [-0.15, -0.1) is 11.3 Å². The summed E-state index contributed by atoms with van der Waals surface area (Å²) in [4.78, 5) is 2.34. The van der Waals surface area contributed by atoms with Gasteiger partial charge < -0.3 is 4.90 Å². The normalized spacial score (nSPS) is 11.2. The highest BCUT2D eigenvalue weighted by molar-refractivity contribution is 9.10. The number of fused-ring (bicyclic) bond motifs is 3. The molecule has 1 nitrogen and oxygen atoms in total. The van der Waals surface area contributed by atoms with Gasteiger partial charge in [0.1, 0.15) is 0 Å². The summed E-state index contributed by atoms with van der Waals surface area (Å²) in [6, 6.07) is 52.2. The van der Waals surface area contributed by atoms with E-state index in [-0.39, 0.29) is 0 Å². The molecule has 6 aromatic carbocycles. The van der Waals surface area contributed by atoms with Gasteiger partial charge in [-0.05, 0) is 76.9 Å². The molecule has 0 saturated carbocycles. The average molecular weight is 583 g/mol. The molecule has 39 heavy (non-hydrogen) atoms. The number of hydrogen-bond donors (Lipinski definition) is 0. The highest BCUT2D eigenvalue weighted by atomic mass is 79.9. The zero-order valence-corrected chi connectivity index (χ0v) is 23.5. The fourth-order valence-corrected chi connectivity index (χ4v) is 6.58. The molecule has 0 aliphatic carbocycles. The summed E-state index contributed by atoms with van der Waals surface area (Å²) in [5.41, 5.74) is 8.28. The van der Waals surface area contributed by atoms with Crippen LogP contribution in [-0.4, -0.2) is 0 Å². The molecule has 0 spiro atoms. The number of anilines is 3. The quantitative estimate of drug-likeness (QED) is 0.195. The lowest BCUT2D eigenvalue weighted by atomic mass is 10.00. The van der Waals surface area contributed by atoms with E-state index in [9.17, 15) is 0 Å². The number of halogens is 1. The molecule has 3 heteroatoms. The van der Waals surface area contributed by atoms with Crippen LogP contribution < -0.4 is 4.90 Å². The molecular formula is C36H24BrNS. The number of benzene rings is 6. The Kier molecular flexibility index (Phi) is 6.24. The minimum Gasteiger partial charge on any atom is -0.310 e. The molecule has 0 unspecified atom stereocenters. The van der Waals surface area contributed by atoms with Gasteiger partial charge in [0.2, 0.25) is 0 Å². The number of hydrogen-bond acceptors (Lipinski definition) is 2. The standard InChI is InChI=1S/C36H24BrNS/c37-29-18-14-27(15-19-29)25-10-12-26(13-11-25)28-16-20-31(21-17-28)38(30-6-2-1-3-7-30)32-22-23-34-33-8-4-5-9-35(33)39-36(34)24-32/h1-24H. The van der Waals surface area contributed by atoms with Crippen molar-refractivity contribution in [2.75, 3.05) is 4.90 Å². The van der Waals surface area contributed by atoms with Gasteiger partial charge in [-0.2, -0.15) is 0 Å². The van der Waals surface area contributed by atoms with Crippen LogP contribution in [-0.2, 0) is 0 Å². The average Bonchev–Trinajstić information content (AvgIpc) is 3.37. The Morgan fingerprint density at radius 3 is 1.56 bits per heavy atom. The van der Waals surface area contributed by atoms with Gasteiger partial charge in [0.05, 0.1) is 0 Å². The van der Waals surface area contributed by atoms with Crippen molar-refractivity contribution < 1.29 is 0 Å². The second-order valence-corrected chi connectivity index (χ2v) is 11.6. The summed E-state index contributed by atoms with van der Waals surface area (Å²) in [5, 5.41) is 2.64. The third-order valence-electron chi connectivity index (χ3n) is 7.16. The van der Waals surface area contributed by atoms with E-state index in [1.165, 1.54) is 42.4 Å². The molecule has 0 N–H and O–H groups in total. The lowest BCUT2D eigenvalue weighted by Gasteiger charge is -2.25. The Hall–Kier alpha value is -4.18. The second-order valence-electron chi connectivity index (χ2n) is 9.58. The Morgan fingerprint density at radius 1 is 0.410 bits per heavy atom. The van der Waals surface area contributed by atoms with Crippen molar-refractivity contribution in [2.45, 2.75) is 0 Å². The third kappa shape index (κ3) is 4.65. The van der Waals surface area contributed by atoms with Gasteiger partial charge in [-0.25, -0.2) is 0 Å². The van der Waals surface area contributed by atoms with Crippen molar-refractivity contribution in [3.63, 3.8) is 0 Å². The Bertz CT molecular complexity index is 1890. The summed E-state index contributed by atoms with van der Waals surface area (Å²) < 4.78 is 3.72. The molecule has 7 rings (SSSR count). The predicted octanol–water partition coefficient (Wildman–Crippen LogP) is 11.6. The first-order valence-electron chi connectivity index (χ1n) is 13.0. The zero-order valence-electron chi connectivity index (χ0n) is 21.1. The van der Waals surface area contributed by atoms with Crippen molar-refractivity contribution in [1.29, 1.82) is 0 Å². The zero-order chi connectivity index (χ0) is 26.2. The monoisotopic (exact) mass is 581 g/mol. The summed E-state index contributed by atoms with van der Waals surface area (Å²) in [5.74, 6) is 0. The SMILES string of the molecule is Brc1ccc(-c2ccc(-c3ccc(N(c4ccccc4)c4ccc5c(c4)sc4ccccc45)cc3)cc2)cc1. The second kappa shape index (κ2) is 10.2. The van der Waals surface area contributed by atoms with Crippen molar-refractivity contribution in [3.8, 4) is 22.3 Å².